The molecule has 1 aromatic carbocycles. The van der Waals surface area contributed by atoms with Gasteiger partial charge in [-0.05, 0) is 31.9 Å². The van der Waals surface area contributed by atoms with E-state index in [1.807, 2.05) is 26.0 Å². The van der Waals surface area contributed by atoms with Crippen LogP contribution in [0.2, 0.25) is 0 Å². The van der Waals surface area contributed by atoms with Crippen LogP contribution in [0.4, 0.5) is 0 Å². The maximum Gasteiger partial charge on any atom is 0.373 e. The Hall–Kier alpha value is -1.35. The van der Waals surface area contributed by atoms with Crippen LogP contribution in [-0.4, -0.2) is 12.6 Å². The third-order valence-electron chi connectivity index (χ3n) is 4.82. The number of hydrogen-bond acceptors (Lipinski definition) is 3. The molecule has 0 aliphatic carbocycles. The summed E-state index contributed by atoms with van der Waals surface area (Å²) in [5.74, 6) is -0.401. The lowest BCUT2D eigenvalue weighted by Gasteiger charge is -2.07. The van der Waals surface area contributed by atoms with E-state index in [4.69, 9.17) is 9.78 Å². The topological polar surface area (TPSA) is 35.5 Å². The summed E-state index contributed by atoms with van der Waals surface area (Å²) in [4.78, 5) is 21.9. The van der Waals surface area contributed by atoms with Crippen molar-refractivity contribution in [3.8, 4) is 0 Å². The van der Waals surface area contributed by atoms with Crippen LogP contribution in [0.1, 0.15) is 105 Å². The summed E-state index contributed by atoms with van der Waals surface area (Å²) in [6, 6.07) is 5.68. The summed E-state index contributed by atoms with van der Waals surface area (Å²) in [6.45, 7) is 6.66. The van der Waals surface area contributed by atoms with Crippen molar-refractivity contribution in [2.24, 2.45) is 0 Å². The van der Waals surface area contributed by atoms with Crippen molar-refractivity contribution in [1.29, 1.82) is 0 Å². The summed E-state index contributed by atoms with van der Waals surface area (Å²) in [7, 11) is 0. The number of unbranched alkanes of at least 4 members (excludes halogenated alkanes) is 11. The summed E-state index contributed by atoms with van der Waals surface area (Å²) >= 11 is 0. The predicted molar refractivity (Wildman–Crippen MR) is 108 cm³/mol. The van der Waals surface area contributed by atoms with E-state index in [0.29, 0.717) is 12.2 Å². The molecule has 3 heteroatoms. The highest BCUT2D eigenvalue weighted by Gasteiger charge is 2.11. The van der Waals surface area contributed by atoms with Gasteiger partial charge in [0.2, 0.25) is 0 Å². The zero-order chi connectivity index (χ0) is 19.0. The third kappa shape index (κ3) is 10.6. The van der Waals surface area contributed by atoms with Gasteiger partial charge in [-0.2, -0.15) is 4.89 Å². The van der Waals surface area contributed by atoms with E-state index < -0.39 is 5.97 Å². The number of hydrogen-bond donors (Lipinski definition) is 0. The molecule has 0 bridgehead atoms. The Morgan fingerprint density at radius 3 is 1.88 bits per heavy atom. The Kier molecular flexibility index (Phi) is 12.9. The van der Waals surface area contributed by atoms with Gasteiger partial charge in [0.25, 0.3) is 0 Å². The van der Waals surface area contributed by atoms with Gasteiger partial charge in [-0.1, -0.05) is 95.2 Å². The molecule has 0 amide bonds. The first-order valence-electron chi connectivity index (χ1n) is 10.6. The molecule has 0 aliphatic heterocycles. The predicted octanol–water partition coefficient (Wildman–Crippen LogP) is 7.09. The van der Waals surface area contributed by atoms with Gasteiger partial charge in [0.15, 0.2) is 0 Å². The molecule has 0 unspecified atom stereocenters. The molecule has 0 N–H and O–H groups in total. The molecule has 0 saturated heterocycles. The zero-order valence-corrected chi connectivity index (χ0v) is 17.1. The molecular weight excluding hydrogens is 324 g/mol. The van der Waals surface area contributed by atoms with Gasteiger partial charge in [0.1, 0.15) is 0 Å². The number of aryl methyl sites for hydroxylation is 2. The summed E-state index contributed by atoms with van der Waals surface area (Å²) < 4.78 is 0. The maximum atomic E-state index is 11.9. The monoisotopic (exact) mass is 362 g/mol. The molecule has 0 saturated carbocycles. The lowest BCUT2D eigenvalue weighted by atomic mass is 10.1. The van der Waals surface area contributed by atoms with Crippen LogP contribution in [0, 0.1) is 13.8 Å². The zero-order valence-electron chi connectivity index (χ0n) is 17.1. The van der Waals surface area contributed by atoms with Crippen LogP contribution >= 0.6 is 0 Å². The summed E-state index contributed by atoms with van der Waals surface area (Å²) in [6.07, 6.45) is 15.7. The molecule has 3 nitrogen and oxygen atoms in total. The highest BCUT2D eigenvalue weighted by molar-refractivity contribution is 5.90. The van der Waals surface area contributed by atoms with Crippen LogP contribution in [0.3, 0.4) is 0 Å². The van der Waals surface area contributed by atoms with Gasteiger partial charge in [-0.3, -0.25) is 4.89 Å². The number of carbonyl (C=O) groups excluding carboxylic acids is 1. The van der Waals surface area contributed by atoms with E-state index >= 15 is 0 Å². The van der Waals surface area contributed by atoms with Crippen LogP contribution < -0.4 is 0 Å². The minimum Gasteiger partial charge on any atom is -0.293 e. The number of rotatable bonds is 15. The van der Waals surface area contributed by atoms with Crippen molar-refractivity contribution in [2.75, 3.05) is 6.61 Å². The van der Waals surface area contributed by atoms with Crippen molar-refractivity contribution in [3.05, 3.63) is 34.9 Å². The Bertz CT molecular complexity index is 496. The molecule has 0 atom stereocenters. The third-order valence-corrected chi connectivity index (χ3v) is 4.82. The Morgan fingerprint density at radius 1 is 0.808 bits per heavy atom. The van der Waals surface area contributed by atoms with Crippen molar-refractivity contribution >= 4 is 5.97 Å². The van der Waals surface area contributed by atoms with Crippen LogP contribution in [0.15, 0.2) is 18.2 Å². The number of benzene rings is 1. The quantitative estimate of drug-likeness (QED) is 0.190. The molecule has 1 rings (SSSR count). The van der Waals surface area contributed by atoms with Gasteiger partial charge < -0.3 is 0 Å². The molecule has 0 aromatic heterocycles. The molecule has 148 valence electrons. The van der Waals surface area contributed by atoms with Gasteiger partial charge in [0.05, 0.1) is 12.2 Å². The maximum absolute atomic E-state index is 11.9. The van der Waals surface area contributed by atoms with E-state index in [2.05, 4.69) is 6.92 Å². The largest absolute Gasteiger partial charge is 0.373 e. The van der Waals surface area contributed by atoms with Gasteiger partial charge >= 0.3 is 5.97 Å². The lowest BCUT2D eigenvalue weighted by molar-refractivity contribution is -0.241. The molecule has 0 radical (unpaired) electrons. The molecule has 0 aliphatic rings. The van der Waals surface area contributed by atoms with E-state index in [9.17, 15) is 4.79 Å². The average Bonchev–Trinajstić information content (AvgIpc) is 2.61. The van der Waals surface area contributed by atoms with Gasteiger partial charge in [-0.15, -0.1) is 0 Å². The number of carbonyl (C=O) groups is 1. The average molecular weight is 363 g/mol. The minimum atomic E-state index is -0.401. The van der Waals surface area contributed by atoms with E-state index in [-0.39, 0.29) is 0 Å². The van der Waals surface area contributed by atoms with Crippen molar-refractivity contribution in [1.82, 2.24) is 0 Å². The van der Waals surface area contributed by atoms with Crippen molar-refractivity contribution in [3.63, 3.8) is 0 Å². The second kappa shape index (κ2) is 14.8. The summed E-state index contributed by atoms with van der Waals surface area (Å²) in [5.41, 5.74) is 2.63. The smallest absolute Gasteiger partial charge is 0.293 e. The van der Waals surface area contributed by atoms with E-state index in [1.54, 1.807) is 6.07 Å². The molecule has 0 spiro atoms. The molecule has 1 aromatic rings. The minimum absolute atomic E-state index is 0.401. The Balaban J connectivity index is 1.91. The van der Waals surface area contributed by atoms with E-state index in [1.165, 1.54) is 64.2 Å². The van der Waals surface area contributed by atoms with Crippen LogP contribution in [0.25, 0.3) is 0 Å². The Morgan fingerprint density at radius 2 is 1.35 bits per heavy atom. The molecule has 26 heavy (non-hydrogen) atoms. The van der Waals surface area contributed by atoms with E-state index in [0.717, 1.165) is 24.0 Å². The SMILES string of the molecule is CCCCCCCCCCCCCCOOC(=O)c1ccc(C)cc1C. The van der Waals surface area contributed by atoms with Crippen molar-refractivity contribution < 1.29 is 14.6 Å². The second-order valence-corrected chi connectivity index (χ2v) is 7.40. The van der Waals surface area contributed by atoms with Gasteiger partial charge in [0, 0.05) is 0 Å². The van der Waals surface area contributed by atoms with Crippen LogP contribution in [-0.2, 0) is 9.78 Å². The fourth-order valence-corrected chi connectivity index (χ4v) is 3.18. The lowest BCUT2D eigenvalue weighted by Crippen LogP contribution is -2.08. The fourth-order valence-electron chi connectivity index (χ4n) is 3.18. The van der Waals surface area contributed by atoms with Crippen molar-refractivity contribution in [2.45, 2.75) is 97.8 Å². The molecular formula is C23H38O3. The first-order valence-corrected chi connectivity index (χ1v) is 10.6. The van der Waals surface area contributed by atoms with Gasteiger partial charge in [-0.25, -0.2) is 4.79 Å². The molecule has 0 fully saturated rings. The summed E-state index contributed by atoms with van der Waals surface area (Å²) in [5, 5.41) is 0. The Labute approximate surface area is 160 Å². The first kappa shape index (κ1) is 22.7. The highest BCUT2D eigenvalue weighted by atomic mass is 17.2. The normalized spacial score (nSPS) is 10.9. The fraction of sp³-hybridized carbons (Fsp3) is 0.696. The highest BCUT2D eigenvalue weighted by Crippen LogP contribution is 2.13. The first-order chi connectivity index (χ1) is 12.6. The van der Waals surface area contributed by atoms with Crippen LogP contribution in [0.5, 0.6) is 0 Å². The second-order valence-electron chi connectivity index (χ2n) is 7.40. The standard InChI is InChI=1S/C23H38O3/c1-4-5-6-7-8-9-10-11-12-13-14-15-18-25-26-23(24)22-17-16-20(2)19-21(22)3/h16-17,19H,4-15,18H2,1-3H3. The molecule has 0 heterocycles.